The van der Waals surface area contributed by atoms with Crippen LogP contribution in [0.2, 0.25) is 0 Å². The zero-order valence-electron chi connectivity index (χ0n) is 10.4. The quantitative estimate of drug-likeness (QED) is 0.761. The molecule has 0 atom stereocenters. The molecule has 0 spiro atoms. The topological polar surface area (TPSA) is 75.1 Å². The Balaban J connectivity index is 2.01. The fraction of sp³-hybridized carbons (Fsp3) is 0. The molecule has 0 radical (unpaired) electrons. The molecule has 98 valence electrons. The van der Waals surface area contributed by atoms with E-state index in [-0.39, 0.29) is 5.69 Å². The Bertz CT molecular complexity index is 781. The molecule has 3 aromatic rings. The number of benzene rings is 1. The predicted molar refractivity (Wildman–Crippen MR) is 76.2 cm³/mol. The highest BCUT2D eigenvalue weighted by molar-refractivity contribution is 5.95. The van der Waals surface area contributed by atoms with Crippen LogP contribution in [0.3, 0.4) is 0 Å². The van der Waals surface area contributed by atoms with E-state index in [4.69, 9.17) is 5.11 Å². The smallest absolute Gasteiger partial charge is 0.354 e. The molecule has 1 aromatic carbocycles. The summed E-state index contributed by atoms with van der Waals surface area (Å²) >= 11 is 0. The Morgan fingerprint density at radius 2 is 2.05 bits per heavy atom. The molecule has 0 unspecified atom stereocenters. The van der Waals surface area contributed by atoms with Gasteiger partial charge in [0.05, 0.1) is 0 Å². The van der Waals surface area contributed by atoms with Crippen LogP contribution in [0, 0.1) is 0 Å². The fourth-order valence-corrected chi connectivity index (χ4v) is 2.01. The van der Waals surface area contributed by atoms with E-state index in [0.717, 1.165) is 16.5 Å². The minimum atomic E-state index is -1.05. The van der Waals surface area contributed by atoms with Gasteiger partial charge in [0, 0.05) is 40.7 Å². The van der Waals surface area contributed by atoms with Gasteiger partial charge in [0.15, 0.2) is 0 Å². The minimum Gasteiger partial charge on any atom is -0.477 e. The number of nitrogens with one attached hydrogen (secondary N) is 1. The second-order valence-corrected chi connectivity index (χ2v) is 4.26. The van der Waals surface area contributed by atoms with E-state index >= 15 is 0 Å². The zero-order chi connectivity index (χ0) is 13.9. The first-order valence-electron chi connectivity index (χ1n) is 6.03. The summed E-state index contributed by atoms with van der Waals surface area (Å²) < 4.78 is 0. The van der Waals surface area contributed by atoms with Crippen LogP contribution in [0.15, 0.2) is 55.0 Å². The molecule has 2 N–H and O–H groups in total. The van der Waals surface area contributed by atoms with Gasteiger partial charge in [-0.25, -0.2) is 9.78 Å². The van der Waals surface area contributed by atoms with Crippen molar-refractivity contribution in [2.75, 3.05) is 5.32 Å². The molecule has 2 heterocycles. The van der Waals surface area contributed by atoms with Crippen molar-refractivity contribution in [1.82, 2.24) is 9.97 Å². The van der Waals surface area contributed by atoms with E-state index in [1.54, 1.807) is 18.5 Å². The molecule has 5 heteroatoms. The van der Waals surface area contributed by atoms with Crippen molar-refractivity contribution in [2.45, 2.75) is 0 Å². The van der Waals surface area contributed by atoms with Crippen LogP contribution in [-0.4, -0.2) is 21.0 Å². The molecular weight excluding hydrogens is 254 g/mol. The largest absolute Gasteiger partial charge is 0.477 e. The van der Waals surface area contributed by atoms with Gasteiger partial charge in [0.2, 0.25) is 0 Å². The zero-order valence-corrected chi connectivity index (χ0v) is 10.4. The third-order valence-corrected chi connectivity index (χ3v) is 2.94. The van der Waals surface area contributed by atoms with Gasteiger partial charge in [-0.3, -0.25) is 4.98 Å². The lowest BCUT2D eigenvalue weighted by molar-refractivity contribution is 0.0690. The Hall–Kier alpha value is -2.95. The molecule has 0 aliphatic heterocycles. The molecule has 0 saturated heterocycles. The van der Waals surface area contributed by atoms with Gasteiger partial charge in [0.1, 0.15) is 5.69 Å². The molecule has 5 nitrogen and oxygen atoms in total. The first-order valence-corrected chi connectivity index (χ1v) is 6.03. The van der Waals surface area contributed by atoms with Crippen LogP contribution >= 0.6 is 0 Å². The molecule has 0 fully saturated rings. The van der Waals surface area contributed by atoms with Crippen molar-refractivity contribution < 1.29 is 9.90 Å². The summed E-state index contributed by atoms with van der Waals surface area (Å²) in [5, 5.41) is 14.2. The van der Waals surface area contributed by atoms with E-state index < -0.39 is 5.97 Å². The van der Waals surface area contributed by atoms with Crippen molar-refractivity contribution in [2.24, 2.45) is 0 Å². The van der Waals surface area contributed by atoms with Crippen molar-refractivity contribution in [3.8, 4) is 0 Å². The number of aromatic nitrogens is 2. The third-order valence-electron chi connectivity index (χ3n) is 2.94. The highest BCUT2D eigenvalue weighted by Gasteiger charge is 2.06. The number of carboxylic acid groups (broad SMARTS) is 1. The molecule has 20 heavy (non-hydrogen) atoms. The van der Waals surface area contributed by atoms with Crippen molar-refractivity contribution in [1.29, 1.82) is 0 Å². The van der Waals surface area contributed by atoms with Gasteiger partial charge in [-0.05, 0) is 24.3 Å². The van der Waals surface area contributed by atoms with E-state index in [9.17, 15) is 4.79 Å². The van der Waals surface area contributed by atoms with Gasteiger partial charge in [0.25, 0.3) is 0 Å². The van der Waals surface area contributed by atoms with Crippen molar-refractivity contribution in [3.63, 3.8) is 0 Å². The van der Waals surface area contributed by atoms with Crippen LogP contribution in [0.4, 0.5) is 11.4 Å². The second kappa shape index (κ2) is 4.97. The number of fused-ring (bicyclic) bond motifs is 1. The summed E-state index contributed by atoms with van der Waals surface area (Å²) in [5.74, 6) is -1.05. The van der Waals surface area contributed by atoms with Crippen LogP contribution in [-0.2, 0) is 0 Å². The molecule has 0 bridgehead atoms. The van der Waals surface area contributed by atoms with Crippen LogP contribution in [0.1, 0.15) is 10.5 Å². The van der Waals surface area contributed by atoms with Crippen molar-refractivity contribution in [3.05, 3.63) is 60.7 Å². The molecular formula is C15H11N3O2. The summed E-state index contributed by atoms with van der Waals surface area (Å²) in [7, 11) is 0. The summed E-state index contributed by atoms with van der Waals surface area (Å²) in [6.07, 6.45) is 4.98. The number of pyridine rings is 2. The maximum Gasteiger partial charge on any atom is 0.354 e. The van der Waals surface area contributed by atoms with E-state index in [1.165, 1.54) is 12.3 Å². The van der Waals surface area contributed by atoms with Crippen LogP contribution in [0.5, 0.6) is 0 Å². The Kier molecular flexibility index (Phi) is 3.01. The van der Waals surface area contributed by atoms with Crippen LogP contribution < -0.4 is 5.32 Å². The normalized spacial score (nSPS) is 10.4. The first kappa shape index (κ1) is 12.1. The third kappa shape index (κ3) is 2.29. The lowest BCUT2D eigenvalue weighted by Gasteiger charge is -2.09. The van der Waals surface area contributed by atoms with Crippen LogP contribution in [0.25, 0.3) is 10.8 Å². The number of carboxylic acids is 1. The Labute approximate surface area is 114 Å². The van der Waals surface area contributed by atoms with Gasteiger partial charge in [-0.2, -0.15) is 0 Å². The van der Waals surface area contributed by atoms with E-state index in [1.807, 2.05) is 24.3 Å². The molecule has 0 saturated carbocycles. The van der Waals surface area contributed by atoms with Gasteiger partial charge >= 0.3 is 5.97 Å². The Morgan fingerprint density at radius 3 is 2.90 bits per heavy atom. The fourth-order valence-electron chi connectivity index (χ4n) is 2.01. The molecule has 0 aliphatic rings. The Morgan fingerprint density at radius 1 is 1.15 bits per heavy atom. The maximum absolute atomic E-state index is 10.9. The number of anilines is 2. The standard InChI is InChI=1S/C15H11N3O2/c19-15(20)14-8-11(4-7-17-14)18-13-3-1-2-10-9-16-6-5-12(10)13/h1-9H,(H,17,18)(H,19,20). The summed E-state index contributed by atoms with van der Waals surface area (Å²) in [6, 6.07) is 11.0. The van der Waals surface area contributed by atoms with E-state index in [0.29, 0.717) is 5.69 Å². The number of hydrogen-bond acceptors (Lipinski definition) is 4. The highest BCUT2D eigenvalue weighted by Crippen LogP contribution is 2.25. The first-order chi connectivity index (χ1) is 9.74. The SMILES string of the molecule is O=C(O)c1cc(Nc2cccc3cnccc23)ccn1. The number of carbonyl (C=O) groups is 1. The number of rotatable bonds is 3. The molecule has 0 amide bonds. The summed E-state index contributed by atoms with van der Waals surface area (Å²) in [6.45, 7) is 0. The maximum atomic E-state index is 10.9. The lowest BCUT2D eigenvalue weighted by Crippen LogP contribution is -2.01. The molecule has 3 rings (SSSR count). The molecule has 2 aromatic heterocycles. The highest BCUT2D eigenvalue weighted by atomic mass is 16.4. The lowest BCUT2D eigenvalue weighted by atomic mass is 10.1. The number of hydrogen-bond donors (Lipinski definition) is 2. The number of nitrogens with zero attached hydrogens (tertiary/aromatic N) is 2. The van der Waals surface area contributed by atoms with Gasteiger partial charge < -0.3 is 10.4 Å². The van der Waals surface area contributed by atoms with Gasteiger partial charge in [-0.1, -0.05) is 12.1 Å². The monoisotopic (exact) mass is 265 g/mol. The second-order valence-electron chi connectivity index (χ2n) is 4.26. The van der Waals surface area contributed by atoms with Gasteiger partial charge in [-0.15, -0.1) is 0 Å². The van der Waals surface area contributed by atoms with Crippen molar-refractivity contribution >= 4 is 28.1 Å². The minimum absolute atomic E-state index is 0.0110. The van der Waals surface area contributed by atoms with E-state index in [2.05, 4.69) is 15.3 Å². The average Bonchev–Trinajstić information content (AvgIpc) is 2.48. The predicted octanol–water partition coefficient (Wildman–Crippen LogP) is 3.07. The molecule has 0 aliphatic carbocycles. The summed E-state index contributed by atoms with van der Waals surface area (Å²) in [4.78, 5) is 18.8. The summed E-state index contributed by atoms with van der Waals surface area (Å²) in [5.41, 5.74) is 1.59. The number of aromatic carboxylic acids is 1. The average molecular weight is 265 g/mol.